The molecule has 1 heterocycles. The fraction of sp³-hybridized carbons (Fsp3) is 0.286. The maximum absolute atomic E-state index is 12.0. The largest absolute Gasteiger partial charge is 0.328 e. The van der Waals surface area contributed by atoms with Crippen LogP contribution in [0.5, 0.6) is 0 Å². The maximum Gasteiger partial charge on any atom is 0.328 e. The quantitative estimate of drug-likeness (QED) is 0.821. The van der Waals surface area contributed by atoms with Gasteiger partial charge in [-0.2, -0.15) is 5.26 Å². The third kappa shape index (κ3) is 2.35. The number of hydrogen-bond acceptors (Lipinski definition) is 2. The predicted molar refractivity (Wildman–Crippen MR) is 69.2 cm³/mol. The molecular formula is C14H15N3O. The molecule has 0 atom stereocenters. The Bertz CT molecular complexity index is 631. The molecule has 0 saturated heterocycles. The average molecular weight is 241 g/mol. The van der Waals surface area contributed by atoms with Crippen molar-refractivity contribution in [2.24, 2.45) is 0 Å². The lowest BCUT2D eigenvalue weighted by Gasteiger charge is -2.04. The zero-order valence-electron chi connectivity index (χ0n) is 10.3. The van der Waals surface area contributed by atoms with E-state index in [2.05, 4.69) is 6.07 Å². The van der Waals surface area contributed by atoms with Crippen molar-refractivity contribution in [1.29, 1.82) is 5.26 Å². The van der Waals surface area contributed by atoms with E-state index >= 15 is 0 Å². The molecule has 0 fully saturated rings. The van der Waals surface area contributed by atoms with Gasteiger partial charge < -0.3 is 0 Å². The number of aromatic nitrogens is 2. The number of nitriles is 1. The van der Waals surface area contributed by atoms with Gasteiger partial charge in [-0.3, -0.25) is 9.13 Å². The van der Waals surface area contributed by atoms with Crippen LogP contribution in [-0.4, -0.2) is 9.13 Å². The van der Waals surface area contributed by atoms with E-state index in [1.54, 1.807) is 27.6 Å². The van der Waals surface area contributed by atoms with Gasteiger partial charge in [-0.05, 0) is 18.1 Å². The van der Waals surface area contributed by atoms with Gasteiger partial charge in [0.05, 0.1) is 18.2 Å². The van der Waals surface area contributed by atoms with Crippen molar-refractivity contribution >= 4 is 0 Å². The van der Waals surface area contributed by atoms with Crippen molar-refractivity contribution in [1.82, 2.24) is 9.13 Å². The van der Waals surface area contributed by atoms with Crippen LogP contribution in [0.4, 0.5) is 0 Å². The standard InChI is InChI=1S/C14H15N3O/c1-2-7-16-8-9-17(14(16)18)11-13-6-4-3-5-12(13)10-15/h3-6,8-9H,2,7,11H2,1H3. The molecule has 0 radical (unpaired) electrons. The van der Waals surface area contributed by atoms with Gasteiger partial charge in [-0.15, -0.1) is 0 Å². The van der Waals surface area contributed by atoms with Crippen molar-refractivity contribution < 1.29 is 0 Å². The Kier molecular flexibility index (Phi) is 3.63. The van der Waals surface area contributed by atoms with Crippen LogP contribution in [0.3, 0.4) is 0 Å². The average Bonchev–Trinajstić information content (AvgIpc) is 2.73. The molecule has 0 amide bonds. The molecule has 0 aliphatic heterocycles. The Morgan fingerprint density at radius 1 is 1.22 bits per heavy atom. The van der Waals surface area contributed by atoms with Crippen LogP contribution in [0.15, 0.2) is 41.5 Å². The van der Waals surface area contributed by atoms with E-state index in [1.807, 2.05) is 25.1 Å². The van der Waals surface area contributed by atoms with Crippen molar-refractivity contribution in [3.8, 4) is 6.07 Å². The summed E-state index contributed by atoms with van der Waals surface area (Å²) in [5.41, 5.74) is 1.47. The zero-order chi connectivity index (χ0) is 13.0. The molecule has 2 rings (SSSR count). The number of hydrogen-bond donors (Lipinski definition) is 0. The van der Waals surface area contributed by atoms with Gasteiger partial charge in [0.2, 0.25) is 0 Å². The third-order valence-corrected chi connectivity index (χ3v) is 2.86. The van der Waals surface area contributed by atoms with Crippen LogP contribution in [-0.2, 0) is 13.1 Å². The number of benzene rings is 1. The van der Waals surface area contributed by atoms with E-state index in [0.29, 0.717) is 12.1 Å². The molecule has 0 aliphatic rings. The van der Waals surface area contributed by atoms with Gasteiger partial charge in [-0.1, -0.05) is 25.1 Å². The van der Waals surface area contributed by atoms with E-state index in [1.165, 1.54) is 0 Å². The fourth-order valence-electron chi connectivity index (χ4n) is 1.94. The maximum atomic E-state index is 12.0. The number of rotatable bonds is 4. The van der Waals surface area contributed by atoms with E-state index < -0.39 is 0 Å². The predicted octanol–water partition coefficient (Wildman–Crippen LogP) is 1.98. The highest BCUT2D eigenvalue weighted by molar-refractivity contribution is 5.37. The fourth-order valence-corrected chi connectivity index (χ4v) is 1.94. The van der Waals surface area contributed by atoms with Gasteiger partial charge in [0, 0.05) is 18.9 Å². The molecule has 4 heteroatoms. The first kappa shape index (κ1) is 12.2. The summed E-state index contributed by atoms with van der Waals surface area (Å²) in [7, 11) is 0. The second-order valence-corrected chi connectivity index (χ2v) is 4.17. The van der Waals surface area contributed by atoms with Crippen molar-refractivity contribution in [3.63, 3.8) is 0 Å². The molecule has 4 nitrogen and oxygen atoms in total. The summed E-state index contributed by atoms with van der Waals surface area (Å²) in [5.74, 6) is 0. The van der Waals surface area contributed by atoms with Crippen LogP contribution in [0, 0.1) is 11.3 Å². The Morgan fingerprint density at radius 2 is 1.94 bits per heavy atom. The second-order valence-electron chi connectivity index (χ2n) is 4.17. The Labute approximate surface area is 106 Å². The number of aryl methyl sites for hydroxylation is 1. The first-order chi connectivity index (χ1) is 8.76. The van der Waals surface area contributed by atoms with Crippen molar-refractivity contribution in [3.05, 3.63) is 58.3 Å². The van der Waals surface area contributed by atoms with Gasteiger partial charge in [0.15, 0.2) is 0 Å². The van der Waals surface area contributed by atoms with E-state index in [-0.39, 0.29) is 5.69 Å². The second kappa shape index (κ2) is 5.37. The lowest BCUT2D eigenvalue weighted by atomic mass is 10.1. The number of imidazole rings is 1. The van der Waals surface area contributed by atoms with Crippen LogP contribution in [0.1, 0.15) is 24.5 Å². The molecule has 0 spiro atoms. The summed E-state index contributed by atoms with van der Waals surface area (Å²) in [6.07, 6.45) is 4.49. The third-order valence-electron chi connectivity index (χ3n) is 2.86. The van der Waals surface area contributed by atoms with Crippen LogP contribution < -0.4 is 5.69 Å². The minimum absolute atomic E-state index is 0.0235. The highest BCUT2D eigenvalue weighted by atomic mass is 16.1. The highest BCUT2D eigenvalue weighted by Gasteiger charge is 2.06. The van der Waals surface area contributed by atoms with E-state index in [9.17, 15) is 4.79 Å². The Balaban J connectivity index is 2.30. The molecule has 0 unspecified atom stereocenters. The molecule has 0 saturated carbocycles. The molecule has 0 bridgehead atoms. The SMILES string of the molecule is CCCn1ccn(Cc2ccccc2C#N)c1=O. The minimum Gasteiger partial charge on any atom is -0.299 e. The summed E-state index contributed by atoms with van der Waals surface area (Å²) in [5, 5.41) is 9.01. The number of nitrogens with zero attached hydrogens (tertiary/aromatic N) is 3. The summed E-state index contributed by atoms with van der Waals surface area (Å²) < 4.78 is 3.32. The minimum atomic E-state index is -0.0235. The van der Waals surface area contributed by atoms with Crippen molar-refractivity contribution in [2.45, 2.75) is 26.4 Å². The van der Waals surface area contributed by atoms with Crippen molar-refractivity contribution in [2.75, 3.05) is 0 Å². The lowest BCUT2D eigenvalue weighted by Crippen LogP contribution is -2.24. The van der Waals surface area contributed by atoms with Crippen LogP contribution in [0.2, 0.25) is 0 Å². The van der Waals surface area contributed by atoms with Gasteiger partial charge in [0.25, 0.3) is 0 Å². The van der Waals surface area contributed by atoms with Crippen LogP contribution >= 0.6 is 0 Å². The summed E-state index contributed by atoms with van der Waals surface area (Å²) >= 11 is 0. The molecule has 0 aliphatic carbocycles. The molecule has 0 N–H and O–H groups in total. The summed E-state index contributed by atoms with van der Waals surface area (Å²) in [4.78, 5) is 12.0. The Hall–Kier alpha value is -2.28. The molecule has 92 valence electrons. The van der Waals surface area contributed by atoms with E-state index in [0.717, 1.165) is 18.5 Å². The molecule has 1 aromatic carbocycles. The monoisotopic (exact) mass is 241 g/mol. The molecule has 18 heavy (non-hydrogen) atoms. The summed E-state index contributed by atoms with van der Waals surface area (Å²) in [6.45, 7) is 3.21. The summed E-state index contributed by atoms with van der Waals surface area (Å²) in [6, 6.07) is 9.50. The molecular weight excluding hydrogens is 226 g/mol. The first-order valence-electron chi connectivity index (χ1n) is 6.00. The smallest absolute Gasteiger partial charge is 0.299 e. The molecule has 1 aromatic heterocycles. The normalized spacial score (nSPS) is 10.2. The van der Waals surface area contributed by atoms with Gasteiger partial charge in [-0.25, -0.2) is 4.79 Å². The topological polar surface area (TPSA) is 50.7 Å². The van der Waals surface area contributed by atoms with Gasteiger partial charge >= 0.3 is 5.69 Å². The van der Waals surface area contributed by atoms with Crippen LogP contribution in [0.25, 0.3) is 0 Å². The van der Waals surface area contributed by atoms with Gasteiger partial charge in [0.1, 0.15) is 0 Å². The Morgan fingerprint density at radius 3 is 2.67 bits per heavy atom. The molecule has 2 aromatic rings. The lowest BCUT2D eigenvalue weighted by molar-refractivity contribution is 0.624. The van der Waals surface area contributed by atoms with E-state index in [4.69, 9.17) is 5.26 Å². The highest BCUT2D eigenvalue weighted by Crippen LogP contribution is 2.08. The first-order valence-corrected chi connectivity index (χ1v) is 6.00. The zero-order valence-corrected chi connectivity index (χ0v) is 10.3.